The van der Waals surface area contributed by atoms with Crippen molar-refractivity contribution in [1.29, 1.82) is 0 Å². The van der Waals surface area contributed by atoms with Crippen molar-refractivity contribution in [2.45, 2.75) is 39.4 Å². The Morgan fingerprint density at radius 1 is 1.29 bits per heavy atom. The van der Waals surface area contributed by atoms with Crippen LogP contribution in [0, 0.1) is 12.7 Å². The molecule has 0 saturated carbocycles. The van der Waals surface area contributed by atoms with Crippen LogP contribution in [0.4, 0.5) is 4.39 Å². The molecule has 0 aliphatic carbocycles. The van der Waals surface area contributed by atoms with Gasteiger partial charge in [-0.15, -0.1) is 0 Å². The summed E-state index contributed by atoms with van der Waals surface area (Å²) in [7, 11) is 0. The molecule has 0 fully saturated rings. The second kappa shape index (κ2) is 7.72. The fourth-order valence-corrected chi connectivity index (χ4v) is 4.53. The Kier molecular flexibility index (Phi) is 4.92. The lowest BCUT2D eigenvalue weighted by Crippen LogP contribution is -2.54. The molecule has 5 rings (SSSR count). The lowest BCUT2D eigenvalue weighted by atomic mass is 10.1. The van der Waals surface area contributed by atoms with Crippen LogP contribution in [0.1, 0.15) is 69.3 Å². The van der Waals surface area contributed by atoms with Crippen molar-refractivity contribution in [2.24, 2.45) is 0 Å². The lowest BCUT2D eigenvalue weighted by Gasteiger charge is -2.41. The van der Waals surface area contributed by atoms with E-state index < -0.39 is 28.8 Å². The van der Waals surface area contributed by atoms with Crippen molar-refractivity contribution >= 4 is 11.8 Å². The van der Waals surface area contributed by atoms with Crippen molar-refractivity contribution in [3.05, 3.63) is 80.5 Å². The molecule has 0 saturated heterocycles. The predicted octanol–water partition coefficient (Wildman–Crippen LogP) is 1.84. The standard InChI is InChI=1S/C23H23FN6O4/c1-11-4-5-14(16(24)6-11)7-25-22(33)15-8-29-19(21(32)20(15)31)23(34)28-10-30(29)13(3)18-17(12(28)2)26-9-27-18/h4-6,8-9,12-13,32H,7,10H2,1-3H3,(H,25,33)(H,26,27)/t12-,13+/m0/s1. The monoisotopic (exact) mass is 466 g/mol. The minimum Gasteiger partial charge on any atom is -0.502 e. The summed E-state index contributed by atoms with van der Waals surface area (Å²) in [5, 5.41) is 15.0. The first-order chi connectivity index (χ1) is 16.2. The average molecular weight is 466 g/mol. The van der Waals surface area contributed by atoms with E-state index in [0.29, 0.717) is 0 Å². The van der Waals surface area contributed by atoms with E-state index in [0.717, 1.165) is 17.0 Å². The molecule has 0 unspecified atom stereocenters. The Bertz CT molecular complexity index is 1400. The number of benzene rings is 1. The van der Waals surface area contributed by atoms with E-state index in [1.165, 1.54) is 21.8 Å². The zero-order chi connectivity index (χ0) is 24.3. The predicted molar refractivity (Wildman–Crippen MR) is 119 cm³/mol. The highest BCUT2D eigenvalue weighted by Gasteiger charge is 2.42. The van der Waals surface area contributed by atoms with Crippen molar-refractivity contribution in [3.8, 4) is 5.75 Å². The maximum atomic E-state index is 14.1. The fraction of sp³-hybridized carbons (Fsp3) is 0.304. The van der Waals surface area contributed by atoms with Gasteiger partial charge in [0.15, 0.2) is 11.4 Å². The van der Waals surface area contributed by atoms with E-state index in [9.17, 15) is 23.9 Å². The van der Waals surface area contributed by atoms with Crippen molar-refractivity contribution < 1.29 is 19.1 Å². The number of H-pyrrole nitrogens is 1. The van der Waals surface area contributed by atoms with Crippen LogP contribution in [0.2, 0.25) is 0 Å². The van der Waals surface area contributed by atoms with E-state index in [-0.39, 0.29) is 42.1 Å². The highest BCUT2D eigenvalue weighted by molar-refractivity contribution is 5.99. The number of imidazole rings is 1. The van der Waals surface area contributed by atoms with Gasteiger partial charge in [0.1, 0.15) is 18.0 Å². The Balaban J connectivity index is 1.54. The third-order valence-corrected chi connectivity index (χ3v) is 6.52. The SMILES string of the molecule is Cc1ccc(CNC(=O)c2cn3c(c(O)c2=O)C(=O)N2CN3[C@H](C)c3nc[nH]c3[C@@H]2C)c(F)c1. The first-order valence-corrected chi connectivity index (χ1v) is 10.8. The maximum absolute atomic E-state index is 14.1. The molecule has 3 aromatic rings. The highest BCUT2D eigenvalue weighted by atomic mass is 19.1. The summed E-state index contributed by atoms with van der Waals surface area (Å²) >= 11 is 0. The number of pyridine rings is 1. The van der Waals surface area contributed by atoms with E-state index in [1.54, 1.807) is 30.4 Å². The first-order valence-electron chi connectivity index (χ1n) is 10.8. The molecule has 176 valence electrons. The molecule has 4 heterocycles. The summed E-state index contributed by atoms with van der Waals surface area (Å²) in [6.45, 7) is 5.48. The second-order valence-electron chi connectivity index (χ2n) is 8.60. The van der Waals surface area contributed by atoms with Crippen LogP contribution < -0.4 is 15.8 Å². The minimum atomic E-state index is -0.973. The third-order valence-electron chi connectivity index (χ3n) is 6.52. The van der Waals surface area contributed by atoms with Crippen LogP contribution >= 0.6 is 0 Å². The van der Waals surface area contributed by atoms with Gasteiger partial charge in [-0.05, 0) is 32.4 Å². The van der Waals surface area contributed by atoms with E-state index in [1.807, 2.05) is 13.8 Å². The van der Waals surface area contributed by atoms with Gasteiger partial charge in [0, 0.05) is 18.3 Å². The van der Waals surface area contributed by atoms with Crippen LogP contribution in [-0.4, -0.2) is 43.1 Å². The topological polar surface area (TPSA) is 124 Å². The molecule has 2 atom stereocenters. The normalized spacial score (nSPS) is 18.9. The fourth-order valence-electron chi connectivity index (χ4n) is 4.53. The molecule has 2 bridgehead atoms. The van der Waals surface area contributed by atoms with Gasteiger partial charge in [0.05, 0.1) is 29.8 Å². The number of fused-ring (bicyclic) bond motifs is 5. The van der Waals surface area contributed by atoms with Gasteiger partial charge < -0.3 is 20.3 Å². The van der Waals surface area contributed by atoms with Gasteiger partial charge in [-0.1, -0.05) is 12.1 Å². The molecule has 34 heavy (non-hydrogen) atoms. The molecule has 2 amide bonds. The number of hydrogen-bond donors (Lipinski definition) is 3. The number of nitrogens with zero attached hydrogens (tertiary/aromatic N) is 4. The molecule has 2 aliphatic heterocycles. The van der Waals surface area contributed by atoms with Gasteiger partial charge in [-0.3, -0.25) is 24.1 Å². The van der Waals surface area contributed by atoms with Crippen LogP contribution in [0.15, 0.2) is 35.5 Å². The van der Waals surface area contributed by atoms with Crippen LogP contribution in [-0.2, 0) is 6.54 Å². The summed E-state index contributed by atoms with van der Waals surface area (Å²) in [4.78, 5) is 48.0. The van der Waals surface area contributed by atoms with E-state index in [4.69, 9.17) is 0 Å². The molecule has 1 aromatic carbocycles. The Morgan fingerprint density at radius 2 is 2.06 bits per heavy atom. The Labute approximate surface area is 193 Å². The van der Waals surface area contributed by atoms with Crippen LogP contribution in [0.25, 0.3) is 0 Å². The number of rotatable bonds is 3. The number of nitrogens with one attached hydrogen (secondary N) is 2. The van der Waals surface area contributed by atoms with Crippen molar-refractivity contribution in [2.75, 3.05) is 11.7 Å². The van der Waals surface area contributed by atoms with Crippen LogP contribution in [0.5, 0.6) is 5.75 Å². The molecule has 2 aliphatic rings. The number of aryl methyl sites for hydroxylation is 1. The van der Waals surface area contributed by atoms with E-state index in [2.05, 4.69) is 15.3 Å². The van der Waals surface area contributed by atoms with Gasteiger partial charge >= 0.3 is 0 Å². The van der Waals surface area contributed by atoms with Crippen molar-refractivity contribution in [3.63, 3.8) is 0 Å². The molecule has 11 heteroatoms. The molecular weight excluding hydrogens is 443 g/mol. The number of aromatic nitrogens is 3. The smallest absolute Gasteiger partial charge is 0.278 e. The number of carbonyl (C=O) groups excluding carboxylic acids is 2. The lowest BCUT2D eigenvalue weighted by molar-refractivity contribution is 0.0611. The minimum absolute atomic E-state index is 0.145. The Hall–Kier alpha value is -4.15. The van der Waals surface area contributed by atoms with Gasteiger partial charge in [-0.25, -0.2) is 9.37 Å². The largest absolute Gasteiger partial charge is 0.502 e. The summed E-state index contributed by atoms with van der Waals surface area (Å²) in [6, 6.07) is 3.92. The maximum Gasteiger partial charge on any atom is 0.278 e. The number of carbonyl (C=O) groups is 2. The number of halogens is 1. The van der Waals surface area contributed by atoms with Gasteiger partial charge in [0.25, 0.3) is 11.8 Å². The van der Waals surface area contributed by atoms with Gasteiger partial charge in [-0.2, -0.15) is 0 Å². The average Bonchev–Trinajstić information content (AvgIpc) is 3.26. The van der Waals surface area contributed by atoms with Gasteiger partial charge in [0.2, 0.25) is 5.43 Å². The molecule has 2 aromatic heterocycles. The van der Waals surface area contributed by atoms with E-state index >= 15 is 0 Å². The third kappa shape index (κ3) is 3.15. The molecule has 0 spiro atoms. The molecule has 0 radical (unpaired) electrons. The molecular formula is C23H23FN6O4. The molecule has 10 nitrogen and oxygen atoms in total. The summed E-state index contributed by atoms with van der Waals surface area (Å²) < 4.78 is 15.5. The first kappa shape index (κ1) is 21.7. The zero-order valence-electron chi connectivity index (χ0n) is 18.8. The summed E-state index contributed by atoms with van der Waals surface area (Å²) in [6.07, 6.45) is 2.80. The zero-order valence-corrected chi connectivity index (χ0v) is 18.8. The number of aromatic hydroxyl groups is 1. The summed E-state index contributed by atoms with van der Waals surface area (Å²) in [5.74, 6) is -2.62. The Morgan fingerprint density at radius 3 is 2.79 bits per heavy atom. The number of aromatic amines is 1. The highest BCUT2D eigenvalue weighted by Crippen LogP contribution is 2.37. The summed E-state index contributed by atoms with van der Waals surface area (Å²) in [5.41, 5.74) is 0.923. The van der Waals surface area contributed by atoms with Crippen molar-refractivity contribution in [1.82, 2.24) is 24.9 Å². The molecule has 3 N–H and O–H groups in total. The second-order valence-corrected chi connectivity index (χ2v) is 8.60. The van der Waals surface area contributed by atoms with Crippen LogP contribution in [0.3, 0.4) is 0 Å². The number of amides is 2. The quantitative estimate of drug-likeness (QED) is 0.541. The number of hydrogen-bond acceptors (Lipinski definition) is 6.